The van der Waals surface area contributed by atoms with E-state index in [1.165, 1.54) is 28.0 Å². The molecule has 0 saturated carbocycles. The van der Waals surface area contributed by atoms with Crippen molar-refractivity contribution in [3.05, 3.63) is 114 Å². The third kappa shape index (κ3) is 9.22. The van der Waals surface area contributed by atoms with Crippen LogP contribution in [-0.4, -0.2) is 25.8 Å². The van der Waals surface area contributed by atoms with Gasteiger partial charge < -0.3 is 9.52 Å². The predicted molar refractivity (Wildman–Crippen MR) is 242 cm³/mol. The normalized spacial score (nSPS) is 12.4. The van der Waals surface area contributed by atoms with Crippen molar-refractivity contribution in [1.29, 1.82) is 0 Å². The van der Waals surface area contributed by atoms with Crippen molar-refractivity contribution < 1.29 is 34.4 Å². The fourth-order valence-electron chi connectivity index (χ4n) is 7.64. The molecule has 0 bridgehead atoms. The van der Waals surface area contributed by atoms with Gasteiger partial charge in [-0.3, -0.25) is 9.78 Å². The Morgan fingerprint density at radius 1 is 0.814 bits per heavy atom. The molecule has 0 aliphatic rings. The minimum atomic E-state index is -0.337. The van der Waals surface area contributed by atoms with Crippen molar-refractivity contribution in [3.8, 4) is 22.5 Å². The molecule has 1 N–H and O–H groups in total. The van der Waals surface area contributed by atoms with Crippen LogP contribution < -0.4 is 0 Å². The largest absolute Gasteiger partial charge is 0.512 e. The van der Waals surface area contributed by atoms with Gasteiger partial charge in [0.05, 0.1) is 16.8 Å². The summed E-state index contributed by atoms with van der Waals surface area (Å²) >= 11 is 0. The number of aliphatic hydroxyl groups excluding tert-OH is 1. The van der Waals surface area contributed by atoms with Crippen molar-refractivity contribution in [2.24, 2.45) is 16.7 Å². The second-order valence-electron chi connectivity index (χ2n) is 17.2. The van der Waals surface area contributed by atoms with E-state index >= 15 is 0 Å². The Bertz CT molecular complexity index is 2610. The molecule has 6 nitrogen and oxygen atoms in total. The van der Waals surface area contributed by atoms with Crippen LogP contribution >= 0.6 is 0 Å². The summed E-state index contributed by atoms with van der Waals surface area (Å²) in [5, 5.41) is 15.5. The molecule has 0 atom stereocenters. The monoisotopic (exact) mass is 967 g/mol. The fourth-order valence-corrected chi connectivity index (χ4v) is 7.64. The molecule has 0 spiro atoms. The number of aliphatic hydroxyl groups is 1. The average Bonchev–Trinajstić information content (AvgIpc) is 3.61. The molecule has 0 unspecified atom stereocenters. The molecule has 0 aliphatic carbocycles. The van der Waals surface area contributed by atoms with Gasteiger partial charge >= 0.3 is 0 Å². The Balaban J connectivity index is 0.000000314. The number of carbonyl (C=O) groups excluding carboxylic acids is 1. The minimum Gasteiger partial charge on any atom is -0.512 e. The van der Waals surface area contributed by atoms with E-state index in [2.05, 4.69) is 95.3 Å². The number of hydrogen-bond donors (Lipinski definition) is 1. The smallest absolute Gasteiger partial charge is 0.216 e. The third-order valence-corrected chi connectivity index (χ3v) is 12.4. The second-order valence-corrected chi connectivity index (χ2v) is 17.2. The first-order chi connectivity index (χ1) is 27.7. The van der Waals surface area contributed by atoms with Crippen LogP contribution in [-0.2, 0) is 31.3 Å². The first-order valence-electron chi connectivity index (χ1n) is 21.2. The molecule has 3 aromatic heterocycles. The van der Waals surface area contributed by atoms with Crippen LogP contribution in [0, 0.1) is 29.7 Å². The van der Waals surface area contributed by atoms with Gasteiger partial charge in [-0.2, -0.15) is 0 Å². The summed E-state index contributed by atoms with van der Waals surface area (Å²) in [7, 11) is 0. The average molecular weight is 967 g/mol. The van der Waals surface area contributed by atoms with Gasteiger partial charge in [0.2, 0.25) is 5.71 Å². The molecule has 0 fully saturated rings. The number of furan rings is 1. The van der Waals surface area contributed by atoms with Crippen molar-refractivity contribution in [1.82, 2.24) is 15.0 Å². The maximum atomic E-state index is 12.2. The molecule has 7 aromatic rings. The number of rotatable bonds is 12. The number of aryl methyl sites for hydroxylation is 1. The van der Waals surface area contributed by atoms with Gasteiger partial charge in [0.25, 0.3) is 0 Å². The maximum absolute atomic E-state index is 12.2. The second kappa shape index (κ2) is 18.7. The standard InChI is InChI=1S/C37H32N3O.C15H28O2.Ir/c1-21(2)18-24-19-23(5)32-26(20-24)14-15-29-33(39-36(22(3)4)40-34(29)32)30-13-9-12-27-28-16-17-31(25-10-7-6-8-11-25)38-37(28)41-35(27)30;1-7-14(5,8-2)12(16)11-13(17)15(6,9-3)10-4;/h6-12,14-17,19-22H,18H2,1-5H3;11,16H,7-10H2,1-6H3;/q-1;;/b;12-11-;. The molecule has 7 heteroatoms. The third-order valence-electron chi connectivity index (χ3n) is 12.4. The van der Waals surface area contributed by atoms with Crippen molar-refractivity contribution in [2.75, 3.05) is 0 Å². The zero-order chi connectivity index (χ0) is 41.9. The van der Waals surface area contributed by atoms with Gasteiger partial charge in [-0.05, 0) is 79.0 Å². The molecule has 7 rings (SSSR count). The molecule has 1 radical (unpaired) electrons. The van der Waals surface area contributed by atoms with E-state index in [0.717, 1.165) is 87.7 Å². The number of nitrogens with zero attached hydrogens (tertiary/aromatic N) is 3. The molecule has 4 aromatic carbocycles. The van der Waals surface area contributed by atoms with E-state index in [0.29, 0.717) is 11.6 Å². The summed E-state index contributed by atoms with van der Waals surface area (Å²) in [5.41, 5.74) is 7.98. The van der Waals surface area contributed by atoms with E-state index in [1.54, 1.807) is 0 Å². The van der Waals surface area contributed by atoms with E-state index in [-0.39, 0.29) is 48.4 Å². The molecule has 3 heterocycles. The van der Waals surface area contributed by atoms with Gasteiger partial charge in [-0.1, -0.05) is 135 Å². The van der Waals surface area contributed by atoms with Gasteiger partial charge in [0, 0.05) is 65.0 Å². The predicted octanol–water partition coefficient (Wildman–Crippen LogP) is 14.5. The molecule has 0 aliphatic heterocycles. The molecule has 59 heavy (non-hydrogen) atoms. The number of ketones is 1. The number of hydrogen-bond acceptors (Lipinski definition) is 6. The molecular weight excluding hydrogens is 907 g/mol. The summed E-state index contributed by atoms with van der Waals surface area (Å²) < 4.78 is 6.51. The summed E-state index contributed by atoms with van der Waals surface area (Å²) in [5.74, 6) is 1.87. The number of pyridine rings is 1. The van der Waals surface area contributed by atoms with Crippen LogP contribution in [0.5, 0.6) is 0 Å². The molecule has 311 valence electrons. The van der Waals surface area contributed by atoms with Crippen LogP contribution in [0.25, 0.3) is 66.3 Å². The molecular formula is C52H60IrN3O3-. The van der Waals surface area contributed by atoms with Crippen LogP contribution in [0.3, 0.4) is 0 Å². The van der Waals surface area contributed by atoms with E-state index in [4.69, 9.17) is 19.4 Å². The number of carbonyl (C=O) groups is 1. The number of allylic oxidation sites excluding steroid dienone is 2. The van der Waals surface area contributed by atoms with Gasteiger partial charge in [-0.15, -0.1) is 18.2 Å². The quantitative estimate of drug-likeness (QED) is 0.0568. The van der Waals surface area contributed by atoms with Gasteiger partial charge in [0.1, 0.15) is 11.6 Å². The number of fused-ring (bicyclic) bond motifs is 6. The minimum absolute atomic E-state index is 0. The summed E-state index contributed by atoms with van der Waals surface area (Å²) in [6.07, 6.45) is 5.81. The Hall–Kier alpha value is -4.71. The van der Waals surface area contributed by atoms with Crippen LogP contribution in [0.2, 0.25) is 0 Å². The number of aromatic nitrogens is 3. The zero-order valence-electron chi connectivity index (χ0n) is 36.7. The SMILES string of the molecule is CCC(C)(CC)C(=O)/C=C(\O)C(C)(CC)CC.Cc1cc(CC(C)C)cc2ccc3c(-c4[c-]ccc5c4oc4nc(-c6ccccc6)ccc45)nc(C(C)C)nc3c12.[Ir]. The van der Waals surface area contributed by atoms with E-state index < -0.39 is 0 Å². The maximum Gasteiger partial charge on any atom is 0.216 e. The van der Waals surface area contributed by atoms with Crippen molar-refractivity contribution in [3.63, 3.8) is 0 Å². The fraction of sp³-hybridized carbons (Fsp3) is 0.385. The van der Waals surface area contributed by atoms with Gasteiger partial charge in [-0.25, -0.2) is 9.97 Å². The van der Waals surface area contributed by atoms with Crippen molar-refractivity contribution in [2.45, 2.75) is 114 Å². The Morgan fingerprint density at radius 3 is 2.10 bits per heavy atom. The molecule has 0 amide bonds. The summed E-state index contributed by atoms with van der Waals surface area (Å²) in [4.78, 5) is 27.3. The van der Waals surface area contributed by atoms with Crippen LogP contribution in [0.1, 0.15) is 118 Å². The topological polar surface area (TPSA) is 89.1 Å². The first-order valence-corrected chi connectivity index (χ1v) is 21.2. The first kappa shape index (κ1) is 45.4. The Kier molecular flexibility index (Phi) is 14.4. The van der Waals surface area contributed by atoms with Gasteiger partial charge in [0.15, 0.2) is 5.78 Å². The Morgan fingerprint density at radius 2 is 1.47 bits per heavy atom. The van der Waals surface area contributed by atoms with E-state index in [9.17, 15) is 9.90 Å². The Labute approximate surface area is 364 Å². The van der Waals surface area contributed by atoms with Crippen LogP contribution in [0.4, 0.5) is 0 Å². The van der Waals surface area contributed by atoms with E-state index in [1.807, 2.05) is 65.8 Å². The van der Waals surface area contributed by atoms with Crippen LogP contribution in [0.15, 0.2) is 95.1 Å². The molecule has 0 saturated heterocycles. The summed E-state index contributed by atoms with van der Waals surface area (Å²) in [6.45, 7) is 23.1. The van der Waals surface area contributed by atoms with Crippen molar-refractivity contribution >= 4 is 49.5 Å². The number of benzene rings is 4. The zero-order valence-corrected chi connectivity index (χ0v) is 39.1. The summed E-state index contributed by atoms with van der Waals surface area (Å²) in [6, 6.07) is 30.9.